The van der Waals surface area contributed by atoms with Crippen molar-refractivity contribution in [1.29, 1.82) is 0 Å². The van der Waals surface area contributed by atoms with E-state index in [1.54, 1.807) is 0 Å². The van der Waals surface area contributed by atoms with Crippen LogP contribution in [0.1, 0.15) is 17.7 Å². The van der Waals surface area contributed by atoms with Gasteiger partial charge in [0.2, 0.25) is 0 Å². The highest BCUT2D eigenvalue weighted by Crippen LogP contribution is 2.29. The van der Waals surface area contributed by atoms with Crippen LogP contribution in [-0.2, 0) is 6.54 Å². The van der Waals surface area contributed by atoms with Crippen molar-refractivity contribution in [3.8, 4) is 0 Å². The number of benzene rings is 1. The van der Waals surface area contributed by atoms with Crippen LogP contribution in [0.4, 0.5) is 5.69 Å². The fourth-order valence-corrected chi connectivity index (χ4v) is 3.53. The third-order valence-corrected chi connectivity index (χ3v) is 5.14. The first-order valence-corrected chi connectivity index (χ1v) is 8.75. The summed E-state index contributed by atoms with van der Waals surface area (Å²) in [6.45, 7) is 3.19. The molecular formula is C16H19BrN2S. The standard InChI is InChI=1S/C16H19BrN2S/c17-15-5-1-2-6-16(15)18-9-10-19(13-7-8-13)12-14-4-3-11-20-14/h1-6,11,13,18H,7-10,12H2. The van der Waals surface area contributed by atoms with E-state index in [-0.39, 0.29) is 0 Å². The highest BCUT2D eigenvalue weighted by Gasteiger charge is 2.28. The highest BCUT2D eigenvalue weighted by molar-refractivity contribution is 9.10. The molecule has 4 heteroatoms. The highest BCUT2D eigenvalue weighted by atomic mass is 79.9. The molecule has 0 saturated heterocycles. The Hall–Kier alpha value is -0.840. The second-order valence-corrected chi connectivity index (χ2v) is 7.07. The summed E-state index contributed by atoms with van der Waals surface area (Å²) in [5, 5.41) is 5.69. The van der Waals surface area contributed by atoms with Gasteiger partial charge in [-0.25, -0.2) is 0 Å². The summed E-state index contributed by atoms with van der Waals surface area (Å²) in [4.78, 5) is 4.08. The summed E-state index contributed by atoms with van der Waals surface area (Å²) >= 11 is 5.44. The minimum absolute atomic E-state index is 0.804. The van der Waals surface area contributed by atoms with E-state index in [2.05, 4.69) is 61.9 Å². The van der Waals surface area contributed by atoms with Crippen molar-refractivity contribution in [2.75, 3.05) is 18.4 Å². The van der Waals surface area contributed by atoms with Gasteiger partial charge in [-0.05, 0) is 52.4 Å². The van der Waals surface area contributed by atoms with Crippen LogP contribution in [0.2, 0.25) is 0 Å². The van der Waals surface area contributed by atoms with Gasteiger partial charge in [-0.1, -0.05) is 18.2 Å². The van der Waals surface area contributed by atoms with Crippen LogP contribution >= 0.6 is 27.3 Å². The molecule has 1 aliphatic rings. The van der Waals surface area contributed by atoms with Crippen LogP contribution in [0.15, 0.2) is 46.3 Å². The molecule has 1 aromatic heterocycles. The molecule has 0 unspecified atom stereocenters. The van der Waals surface area contributed by atoms with E-state index in [1.165, 1.54) is 23.4 Å². The number of hydrogen-bond acceptors (Lipinski definition) is 3. The summed E-state index contributed by atoms with van der Waals surface area (Å²) in [5.41, 5.74) is 1.18. The SMILES string of the molecule is Brc1ccccc1NCCN(Cc1cccs1)C1CC1. The Morgan fingerprint density at radius 3 is 2.75 bits per heavy atom. The molecule has 2 aromatic rings. The van der Waals surface area contributed by atoms with Crippen molar-refractivity contribution in [3.05, 3.63) is 51.1 Å². The average Bonchev–Trinajstić information content (AvgIpc) is 3.18. The normalized spacial score (nSPS) is 14.7. The molecule has 20 heavy (non-hydrogen) atoms. The number of anilines is 1. The van der Waals surface area contributed by atoms with Gasteiger partial charge in [0, 0.05) is 40.7 Å². The van der Waals surface area contributed by atoms with Gasteiger partial charge in [0.1, 0.15) is 0 Å². The lowest BCUT2D eigenvalue weighted by molar-refractivity contribution is 0.267. The van der Waals surface area contributed by atoms with Gasteiger partial charge in [0.15, 0.2) is 0 Å². The van der Waals surface area contributed by atoms with Crippen molar-refractivity contribution in [1.82, 2.24) is 4.90 Å². The van der Waals surface area contributed by atoms with Gasteiger partial charge in [0.25, 0.3) is 0 Å². The van der Waals surface area contributed by atoms with Crippen LogP contribution in [0.25, 0.3) is 0 Å². The molecule has 0 bridgehead atoms. The van der Waals surface area contributed by atoms with Crippen LogP contribution < -0.4 is 5.32 Å². The van der Waals surface area contributed by atoms with Crippen molar-refractivity contribution in [3.63, 3.8) is 0 Å². The van der Waals surface area contributed by atoms with E-state index in [9.17, 15) is 0 Å². The zero-order valence-corrected chi connectivity index (χ0v) is 13.8. The van der Waals surface area contributed by atoms with Crippen molar-refractivity contribution in [2.45, 2.75) is 25.4 Å². The lowest BCUT2D eigenvalue weighted by Gasteiger charge is -2.22. The summed E-state index contributed by atoms with van der Waals surface area (Å²) in [6.07, 6.45) is 2.72. The molecule has 1 fully saturated rings. The molecule has 1 aromatic carbocycles. The molecule has 0 radical (unpaired) electrons. The predicted octanol–water partition coefficient (Wildman–Crippen LogP) is 4.59. The average molecular weight is 351 g/mol. The van der Waals surface area contributed by atoms with E-state index in [0.29, 0.717) is 0 Å². The number of para-hydroxylation sites is 1. The van der Waals surface area contributed by atoms with Crippen molar-refractivity contribution >= 4 is 33.0 Å². The van der Waals surface area contributed by atoms with Gasteiger partial charge < -0.3 is 5.32 Å². The monoisotopic (exact) mass is 350 g/mol. The van der Waals surface area contributed by atoms with Crippen molar-refractivity contribution in [2.24, 2.45) is 0 Å². The largest absolute Gasteiger partial charge is 0.383 e. The minimum Gasteiger partial charge on any atom is -0.383 e. The molecule has 0 aliphatic heterocycles. The molecule has 0 amide bonds. The Labute approximate surface area is 132 Å². The molecule has 1 saturated carbocycles. The number of halogens is 1. The molecule has 106 valence electrons. The first-order chi connectivity index (χ1) is 9.83. The van der Waals surface area contributed by atoms with Gasteiger partial charge in [0.05, 0.1) is 0 Å². The molecule has 0 spiro atoms. The zero-order valence-electron chi connectivity index (χ0n) is 11.4. The minimum atomic E-state index is 0.804. The lowest BCUT2D eigenvalue weighted by Crippen LogP contribution is -2.30. The number of hydrogen-bond donors (Lipinski definition) is 1. The van der Waals surface area contributed by atoms with Crippen LogP contribution in [0.3, 0.4) is 0 Å². The van der Waals surface area contributed by atoms with E-state index in [4.69, 9.17) is 0 Å². The third kappa shape index (κ3) is 3.84. The maximum atomic E-state index is 3.58. The maximum absolute atomic E-state index is 3.58. The third-order valence-electron chi connectivity index (χ3n) is 3.59. The van der Waals surface area contributed by atoms with E-state index in [0.717, 1.165) is 30.1 Å². The Bertz CT molecular complexity index is 537. The molecule has 1 N–H and O–H groups in total. The van der Waals surface area contributed by atoms with Gasteiger partial charge in [-0.3, -0.25) is 4.90 Å². The van der Waals surface area contributed by atoms with Crippen LogP contribution in [0.5, 0.6) is 0 Å². The van der Waals surface area contributed by atoms with Crippen molar-refractivity contribution < 1.29 is 0 Å². The van der Waals surface area contributed by atoms with E-state index in [1.807, 2.05) is 17.4 Å². The van der Waals surface area contributed by atoms with Crippen LogP contribution in [-0.4, -0.2) is 24.0 Å². The van der Waals surface area contributed by atoms with E-state index >= 15 is 0 Å². The summed E-state index contributed by atoms with van der Waals surface area (Å²) in [7, 11) is 0. The fourth-order valence-electron chi connectivity index (χ4n) is 2.37. The summed E-state index contributed by atoms with van der Waals surface area (Å²) < 4.78 is 1.14. The second-order valence-electron chi connectivity index (χ2n) is 5.19. The second kappa shape index (κ2) is 6.74. The summed E-state index contributed by atoms with van der Waals surface area (Å²) in [6, 6.07) is 13.5. The molecule has 3 rings (SSSR count). The first-order valence-electron chi connectivity index (χ1n) is 7.08. The smallest absolute Gasteiger partial charge is 0.0485 e. The number of nitrogens with zero attached hydrogens (tertiary/aromatic N) is 1. The number of thiophene rings is 1. The first kappa shape index (κ1) is 14.1. The lowest BCUT2D eigenvalue weighted by atomic mass is 10.3. The quantitative estimate of drug-likeness (QED) is 0.785. The van der Waals surface area contributed by atoms with Crippen LogP contribution in [0, 0.1) is 0 Å². The topological polar surface area (TPSA) is 15.3 Å². The summed E-state index contributed by atoms with van der Waals surface area (Å²) in [5.74, 6) is 0. The molecule has 2 nitrogen and oxygen atoms in total. The maximum Gasteiger partial charge on any atom is 0.0485 e. The Morgan fingerprint density at radius 2 is 2.05 bits per heavy atom. The Morgan fingerprint density at radius 1 is 1.20 bits per heavy atom. The van der Waals surface area contributed by atoms with Gasteiger partial charge in [-0.2, -0.15) is 0 Å². The molecule has 1 heterocycles. The van der Waals surface area contributed by atoms with Gasteiger partial charge >= 0.3 is 0 Å². The predicted molar refractivity (Wildman–Crippen MR) is 90.4 cm³/mol. The molecule has 1 aliphatic carbocycles. The Kier molecular flexibility index (Phi) is 4.76. The number of rotatable bonds is 7. The van der Waals surface area contributed by atoms with Gasteiger partial charge in [-0.15, -0.1) is 11.3 Å². The number of nitrogens with one attached hydrogen (secondary N) is 1. The zero-order chi connectivity index (χ0) is 13.8. The Balaban J connectivity index is 1.51. The van der Waals surface area contributed by atoms with E-state index < -0.39 is 0 Å². The molecular weight excluding hydrogens is 332 g/mol. The fraction of sp³-hybridized carbons (Fsp3) is 0.375. The molecule has 0 atom stereocenters.